The highest BCUT2D eigenvalue weighted by molar-refractivity contribution is 7.89. The molecule has 0 bridgehead atoms. The van der Waals surface area contributed by atoms with Gasteiger partial charge in [0.2, 0.25) is 10.0 Å². The molecule has 0 aliphatic rings. The van der Waals surface area contributed by atoms with Crippen molar-refractivity contribution in [3.8, 4) is 10.6 Å². The molecule has 5 N–H and O–H groups in total. The number of nitrogens with two attached hydrogens (primary N) is 1. The van der Waals surface area contributed by atoms with E-state index in [9.17, 15) is 18.0 Å². The van der Waals surface area contributed by atoms with Crippen LogP contribution in [-0.2, 0) is 10.0 Å². The number of thiophene rings is 1. The van der Waals surface area contributed by atoms with Gasteiger partial charge in [0.05, 0.1) is 27.4 Å². The van der Waals surface area contributed by atoms with E-state index in [1.165, 1.54) is 12.4 Å². The molecule has 1 amide bonds. The molecule has 0 atom stereocenters. The van der Waals surface area contributed by atoms with E-state index in [2.05, 4.69) is 20.3 Å². The number of carboxylic acid groups (broad SMARTS) is 1. The number of aromatic amines is 1. The van der Waals surface area contributed by atoms with Crippen molar-refractivity contribution in [3.05, 3.63) is 35.0 Å². The number of aromatic nitrogens is 3. The maximum absolute atomic E-state index is 12.0. The Labute approximate surface area is 151 Å². The number of hydrogen-bond donors (Lipinski definition) is 4. The number of fused-ring (bicyclic) bond motifs is 1. The van der Waals surface area contributed by atoms with Crippen molar-refractivity contribution in [1.82, 2.24) is 20.3 Å². The van der Waals surface area contributed by atoms with Crippen LogP contribution in [0.2, 0.25) is 0 Å². The molecule has 26 heavy (non-hydrogen) atoms. The molecule has 0 fully saturated rings. The van der Waals surface area contributed by atoms with Gasteiger partial charge in [-0.1, -0.05) is 0 Å². The molecule has 10 nitrogen and oxygen atoms in total. The van der Waals surface area contributed by atoms with E-state index in [4.69, 9.17) is 10.2 Å². The number of carbonyl (C=O) groups is 2. The molecule has 0 saturated carbocycles. The van der Waals surface area contributed by atoms with Gasteiger partial charge in [0.15, 0.2) is 5.65 Å². The van der Waals surface area contributed by atoms with Crippen LogP contribution in [0.3, 0.4) is 0 Å². The van der Waals surface area contributed by atoms with Crippen molar-refractivity contribution in [2.24, 2.45) is 5.14 Å². The summed E-state index contributed by atoms with van der Waals surface area (Å²) in [5, 5.41) is 16.5. The highest BCUT2D eigenvalue weighted by Crippen LogP contribution is 2.28. The predicted molar refractivity (Wildman–Crippen MR) is 94.5 cm³/mol. The van der Waals surface area contributed by atoms with E-state index in [1.54, 1.807) is 12.1 Å². The second-order valence-electron chi connectivity index (χ2n) is 5.25. The van der Waals surface area contributed by atoms with Crippen LogP contribution in [0.1, 0.15) is 20.0 Å². The number of sulfonamides is 1. The Morgan fingerprint density at radius 3 is 2.81 bits per heavy atom. The third-order valence-corrected chi connectivity index (χ3v) is 5.25. The van der Waals surface area contributed by atoms with Crippen molar-refractivity contribution in [2.45, 2.75) is 0 Å². The largest absolute Gasteiger partial charge is 0.478 e. The van der Waals surface area contributed by atoms with Gasteiger partial charge in [-0.25, -0.2) is 28.3 Å². The van der Waals surface area contributed by atoms with Crippen molar-refractivity contribution in [1.29, 1.82) is 0 Å². The molecule has 3 heterocycles. The topological polar surface area (TPSA) is 168 Å². The molecule has 0 saturated heterocycles. The Morgan fingerprint density at radius 2 is 2.12 bits per heavy atom. The quantitative estimate of drug-likeness (QED) is 0.468. The Hall–Kier alpha value is -2.83. The van der Waals surface area contributed by atoms with Gasteiger partial charge in [-0.3, -0.25) is 4.79 Å². The number of carboxylic acids is 1. The zero-order valence-electron chi connectivity index (χ0n) is 13.1. The summed E-state index contributed by atoms with van der Waals surface area (Å²) >= 11 is 1.12. The van der Waals surface area contributed by atoms with E-state index in [1.807, 2.05) is 0 Å². The van der Waals surface area contributed by atoms with Gasteiger partial charge in [0.25, 0.3) is 5.91 Å². The van der Waals surface area contributed by atoms with Crippen molar-refractivity contribution >= 4 is 44.4 Å². The van der Waals surface area contributed by atoms with Crippen molar-refractivity contribution < 1.29 is 23.1 Å². The van der Waals surface area contributed by atoms with E-state index in [0.29, 0.717) is 21.1 Å². The number of nitrogens with one attached hydrogen (secondary N) is 2. The predicted octanol–water partition coefficient (Wildman–Crippen LogP) is 0.403. The summed E-state index contributed by atoms with van der Waals surface area (Å²) in [6.45, 7) is -0.0953. The van der Waals surface area contributed by atoms with Gasteiger partial charge in [-0.2, -0.15) is 0 Å². The summed E-state index contributed by atoms with van der Waals surface area (Å²) in [5.41, 5.74) is 1.01. The second-order valence-corrected chi connectivity index (χ2v) is 8.06. The maximum Gasteiger partial charge on any atom is 0.339 e. The number of hydrogen-bond acceptors (Lipinski definition) is 7. The fourth-order valence-corrected chi connectivity index (χ4v) is 3.43. The molecule has 0 aromatic carbocycles. The lowest BCUT2D eigenvalue weighted by Crippen LogP contribution is -2.31. The molecule has 3 rings (SSSR count). The summed E-state index contributed by atoms with van der Waals surface area (Å²) in [4.78, 5) is 35.4. The van der Waals surface area contributed by atoms with Crippen LogP contribution in [0.25, 0.3) is 21.7 Å². The van der Waals surface area contributed by atoms with E-state index < -0.39 is 21.9 Å². The van der Waals surface area contributed by atoms with Crippen LogP contribution in [-0.4, -0.2) is 52.7 Å². The zero-order valence-corrected chi connectivity index (χ0v) is 14.7. The summed E-state index contributed by atoms with van der Waals surface area (Å²) in [6.07, 6.45) is 2.79. The standard InChI is InChI=1S/C14H13N5O5S2/c15-26(23,24)4-3-16-13(20)10-2-1-9(25-10)8-6-18-12-11(19-8)7(5-17-12)14(21)22/h1-2,5-6H,3-4H2,(H,16,20)(H,17,18)(H,21,22)(H2,15,23,24). The molecule has 0 aliphatic carbocycles. The van der Waals surface area contributed by atoms with Gasteiger partial charge >= 0.3 is 5.97 Å². The molecule has 136 valence electrons. The van der Waals surface area contributed by atoms with Crippen LogP contribution < -0.4 is 10.5 Å². The van der Waals surface area contributed by atoms with E-state index in [-0.39, 0.29) is 23.4 Å². The first kappa shape index (κ1) is 18.0. The highest BCUT2D eigenvalue weighted by Gasteiger charge is 2.16. The molecule has 0 spiro atoms. The average molecular weight is 395 g/mol. The van der Waals surface area contributed by atoms with Crippen LogP contribution in [0.5, 0.6) is 0 Å². The fraction of sp³-hybridized carbons (Fsp3) is 0.143. The normalized spacial score (nSPS) is 11.6. The van der Waals surface area contributed by atoms with Gasteiger partial charge in [0, 0.05) is 12.7 Å². The fourth-order valence-electron chi connectivity index (χ4n) is 2.16. The lowest BCUT2D eigenvalue weighted by Gasteiger charge is -2.01. The first-order chi connectivity index (χ1) is 12.2. The number of aromatic carboxylic acids is 1. The minimum absolute atomic E-state index is 0.00636. The summed E-state index contributed by atoms with van der Waals surface area (Å²) in [5.74, 6) is -1.92. The van der Waals surface area contributed by atoms with Crippen molar-refractivity contribution in [3.63, 3.8) is 0 Å². The van der Waals surface area contributed by atoms with E-state index >= 15 is 0 Å². The first-order valence-corrected chi connectivity index (χ1v) is 9.74. The van der Waals surface area contributed by atoms with Gasteiger partial charge in [-0.15, -0.1) is 11.3 Å². The van der Waals surface area contributed by atoms with Crippen LogP contribution >= 0.6 is 11.3 Å². The summed E-state index contributed by atoms with van der Waals surface area (Å²) < 4.78 is 21.7. The second kappa shape index (κ2) is 6.82. The Balaban J connectivity index is 1.81. The number of carbonyl (C=O) groups excluding carboxylic acids is 1. The van der Waals surface area contributed by atoms with Crippen LogP contribution in [0.15, 0.2) is 24.5 Å². The van der Waals surface area contributed by atoms with Crippen molar-refractivity contribution in [2.75, 3.05) is 12.3 Å². The monoisotopic (exact) mass is 395 g/mol. The molecule has 0 radical (unpaired) electrons. The Morgan fingerprint density at radius 1 is 1.35 bits per heavy atom. The van der Waals surface area contributed by atoms with Gasteiger partial charge < -0.3 is 15.4 Å². The average Bonchev–Trinajstić information content (AvgIpc) is 3.20. The minimum atomic E-state index is -3.65. The zero-order chi connectivity index (χ0) is 18.9. The summed E-state index contributed by atoms with van der Waals surface area (Å²) in [6, 6.07) is 3.22. The number of primary sulfonamides is 1. The van der Waals surface area contributed by atoms with Crippen LogP contribution in [0.4, 0.5) is 0 Å². The highest BCUT2D eigenvalue weighted by atomic mass is 32.2. The minimum Gasteiger partial charge on any atom is -0.478 e. The lowest BCUT2D eigenvalue weighted by atomic mass is 10.3. The SMILES string of the molecule is NS(=O)(=O)CCNC(=O)c1ccc(-c2cnc3[nH]cc(C(=O)O)c3n2)s1. The Kier molecular flexibility index (Phi) is 4.71. The lowest BCUT2D eigenvalue weighted by molar-refractivity contribution is 0.0698. The van der Waals surface area contributed by atoms with Gasteiger partial charge in [-0.05, 0) is 12.1 Å². The maximum atomic E-state index is 12.0. The molecule has 3 aromatic heterocycles. The molecular formula is C14H13N5O5S2. The summed E-state index contributed by atoms with van der Waals surface area (Å²) in [7, 11) is -3.65. The first-order valence-electron chi connectivity index (χ1n) is 7.21. The van der Waals surface area contributed by atoms with E-state index in [0.717, 1.165) is 11.3 Å². The van der Waals surface area contributed by atoms with Gasteiger partial charge in [0.1, 0.15) is 11.1 Å². The Bertz CT molecular complexity index is 1100. The number of rotatable bonds is 6. The smallest absolute Gasteiger partial charge is 0.339 e. The number of H-pyrrole nitrogens is 1. The van der Waals surface area contributed by atoms with Crippen LogP contribution in [0, 0.1) is 0 Å². The molecule has 3 aromatic rings. The number of amides is 1. The third-order valence-electron chi connectivity index (χ3n) is 3.37. The number of nitrogens with zero attached hydrogens (tertiary/aromatic N) is 2. The molecule has 0 unspecified atom stereocenters. The molecule has 0 aliphatic heterocycles. The molecular weight excluding hydrogens is 382 g/mol. The molecule has 12 heteroatoms. The third kappa shape index (κ3) is 3.87.